The van der Waals surface area contributed by atoms with E-state index >= 15 is 0 Å². The predicted molar refractivity (Wildman–Crippen MR) is 78.3 cm³/mol. The number of ether oxygens (including phenoxy) is 1. The lowest BCUT2D eigenvalue weighted by Crippen LogP contribution is -2.36. The molecule has 0 radical (unpaired) electrons. The predicted octanol–water partition coefficient (Wildman–Crippen LogP) is 2.31. The van der Waals surface area contributed by atoms with Crippen LogP contribution in [0.25, 0.3) is 0 Å². The Morgan fingerprint density at radius 1 is 1.05 bits per heavy atom. The van der Waals surface area contributed by atoms with Crippen molar-refractivity contribution in [1.29, 1.82) is 0 Å². The topological polar surface area (TPSA) is 66.9 Å². The highest BCUT2D eigenvalue weighted by molar-refractivity contribution is 7.93. The van der Waals surface area contributed by atoms with Crippen LogP contribution in [-0.4, -0.2) is 24.6 Å². The fourth-order valence-corrected chi connectivity index (χ4v) is 4.58. The van der Waals surface area contributed by atoms with E-state index in [4.69, 9.17) is 4.74 Å². The molecule has 1 heterocycles. The van der Waals surface area contributed by atoms with E-state index < -0.39 is 27.0 Å². The molecule has 3 atom stereocenters. The number of hydrogen-bond acceptors (Lipinski definition) is 4. The number of rotatable bonds is 4. The van der Waals surface area contributed by atoms with Crippen LogP contribution in [0.1, 0.15) is 18.6 Å². The molecular weight excluding hydrogens is 288 g/mol. The van der Waals surface area contributed by atoms with Gasteiger partial charge in [0.1, 0.15) is 6.10 Å². The number of benzene rings is 2. The van der Waals surface area contributed by atoms with E-state index in [9.17, 15) is 13.5 Å². The van der Waals surface area contributed by atoms with E-state index in [1.165, 1.54) is 19.1 Å². The molecule has 0 saturated carbocycles. The Morgan fingerprint density at radius 3 is 2.10 bits per heavy atom. The van der Waals surface area contributed by atoms with E-state index in [2.05, 4.69) is 0 Å². The molecule has 0 aliphatic carbocycles. The number of epoxide rings is 1. The molecular formula is C16H16O4S. The molecule has 4 nitrogen and oxygen atoms in total. The lowest BCUT2D eigenvalue weighted by Gasteiger charge is -2.17. The Morgan fingerprint density at radius 2 is 1.57 bits per heavy atom. The second-order valence-electron chi connectivity index (χ2n) is 5.12. The summed E-state index contributed by atoms with van der Waals surface area (Å²) in [6.45, 7) is 1.45. The lowest BCUT2D eigenvalue weighted by molar-refractivity contribution is 0.131. The van der Waals surface area contributed by atoms with Gasteiger partial charge in [-0.2, -0.15) is 0 Å². The quantitative estimate of drug-likeness (QED) is 0.880. The standard InChI is InChI=1S/C16H16O4S/c1-12(17)16(15(20-16)13-8-4-2-5-9-13)21(18,19)14-10-6-3-7-11-14/h2-12,15,17H,1H3/t12-,15-,16-/m0/s1. The highest BCUT2D eigenvalue weighted by Gasteiger charge is 2.70. The van der Waals surface area contributed by atoms with Gasteiger partial charge in [-0.15, -0.1) is 0 Å². The van der Waals surface area contributed by atoms with Crippen molar-refractivity contribution in [3.8, 4) is 0 Å². The Balaban J connectivity index is 2.06. The minimum atomic E-state index is -3.80. The zero-order valence-electron chi connectivity index (χ0n) is 11.5. The van der Waals surface area contributed by atoms with Gasteiger partial charge in [-0.1, -0.05) is 48.5 Å². The Labute approximate surface area is 123 Å². The van der Waals surface area contributed by atoms with Crippen molar-refractivity contribution in [3.63, 3.8) is 0 Å². The molecule has 1 aliphatic heterocycles. The Kier molecular flexibility index (Phi) is 3.36. The molecule has 110 valence electrons. The minimum Gasteiger partial charge on any atom is -0.389 e. The van der Waals surface area contributed by atoms with E-state index in [-0.39, 0.29) is 4.90 Å². The third-order valence-electron chi connectivity index (χ3n) is 3.77. The fourth-order valence-electron chi connectivity index (χ4n) is 2.61. The first-order chi connectivity index (χ1) is 10.00. The van der Waals surface area contributed by atoms with Gasteiger partial charge in [0, 0.05) is 0 Å². The van der Waals surface area contributed by atoms with E-state index in [1.807, 2.05) is 18.2 Å². The van der Waals surface area contributed by atoms with Crippen LogP contribution in [0.5, 0.6) is 0 Å². The molecule has 2 aromatic carbocycles. The fraction of sp³-hybridized carbons (Fsp3) is 0.250. The lowest BCUT2D eigenvalue weighted by atomic mass is 10.1. The van der Waals surface area contributed by atoms with Gasteiger partial charge in [0.2, 0.25) is 14.8 Å². The molecule has 1 fully saturated rings. The number of aliphatic hydroxyl groups is 1. The van der Waals surface area contributed by atoms with Crippen molar-refractivity contribution in [2.45, 2.75) is 29.0 Å². The summed E-state index contributed by atoms with van der Waals surface area (Å²) in [4.78, 5) is -1.44. The van der Waals surface area contributed by atoms with Crippen molar-refractivity contribution in [1.82, 2.24) is 0 Å². The van der Waals surface area contributed by atoms with Crippen molar-refractivity contribution < 1.29 is 18.3 Å². The third-order valence-corrected chi connectivity index (χ3v) is 6.15. The molecule has 0 amide bonds. The van der Waals surface area contributed by atoms with Crippen molar-refractivity contribution in [2.75, 3.05) is 0 Å². The summed E-state index contributed by atoms with van der Waals surface area (Å²) < 4.78 is 31.2. The molecule has 0 aromatic heterocycles. The average Bonchev–Trinajstić information content (AvgIpc) is 3.27. The van der Waals surface area contributed by atoms with Crippen LogP contribution in [0.2, 0.25) is 0 Å². The summed E-state index contributed by atoms with van der Waals surface area (Å²) >= 11 is 0. The number of aliphatic hydroxyl groups excluding tert-OH is 1. The summed E-state index contributed by atoms with van der Waals surface area (Å²) in [5, 5.41) is 10.1. The smallest absolute Gasteiger partial charge is 0.230 e. The van der Waals surface area contributed by atoms with Crippen LogP contribution < -0.4 is 0 Å². The van der Waals surface area contributed by atoms with E-state index in [0.29, 0.717) is 0 Å². The van der Waals surface area contributed by atoms with Crippen LogP contribution in [0.15, 0.2) is 65.6 Å². The van der Waals surface area contributed by atoms with Gasteiger partial charge in [0.25, 0.3) is 0 Å². The Hall–Kier alpha value is -1.69. The van der Waals surface area contributed by atoms with Crippen LogP contribution >= 0.6 is 0 Å². The maximum Gasteiger partial charge on any atom is 0.230 e. The van der Waals surface area contributed by atoms with Crippen LogP contribution in [-0.2, 0) is 14.6 Å². The zero-order chi connectivity index (χ0) is 15.1. The first-order valence-corrected chi connectivity index (χ1v) is 8.19. The Bertz CT molecular complexity index is 725. The van der Waals surface area contributed by atoms with Gasteiger partial charge in [0.15, 0.2) is 0 Å². The molecule has 1 saturated heterocycles. The summed E-state index contributed by atoms with van der Waals surface area (Å²) in [5.74, 6) is 0. The van der Waals surface area contributed by atoms with Crippen molar-refractivity contribution in [2.24, 2.45) is 0 Å². The number of sulfone groups is 1. The van der Waals surface area contributed by atoms with Crippen molar-refractivity contribution in [3.05, 3.63) is 66.2 Å². The third kappa shape index (κ3) is 2.09. The number of hydrogen-bond donors (Lipinski definition) is 1. The molecule has 0 spiro atoms. The molecule has 3 rings (SSSR count). The first-order valence-electron chi connectivity index (χ1n) is 6.70. The second kappa shape index (κ2) is 4.94. The summed E-state index contributed by atoms with van der Waals surface area (Å²) in [6.07, 6.45) is -1.78. The van der Waals surface area contributed by atoms with Gasteiger partial charge in [-0.05, 0) is 24.6 Å². The largest absolute Gasteiger partial charge is 0.389 e. The minimum absolute atomic E-state index is 0.157. The second-order valence-corrected chi connectivity index (χ2v) is 7.24. The van der Waals surface area contributed by atoms with Gasteiger partial charge >= 0.3 is 0 Å². The SMILES string of the molecule is C[C@H](O)[C@@]1(S(=O)(=O)c2ccccc2)O[C@H]1c1ccccc1. The molecule has 2 aromatic rings. The van der Waals surface area contributed by atoms with E-state index in [1.54, 1.807) is 30.3 Å². The highest BCUT2D eigenvalue weighted by atomic mass is 32.2. The van der Waals surface area contributed by atoms with Gasteiger partial charge in [-0.25, -0.2) is 8.42 Å². The first kappa shape index (κ1) is 14.3. The molecule has 1 N–H and O–H groups in total. The molecule has 5 heteroatoms. The monoisotopic (exact) mass is 304 g/mol. The maximum absolute atomic E-state index is 12.9. The van der Waals surface area contributed by atoms with Gasteiger partial charge in [0.05, 0.1) is 11.0 Å². The van der Waals surface area contributed by atoms with Crippen LogP contribution in [0.4, 0.5) is 0 Å². The average molecular weight is 304 g/mol. The van der Waals surface area contributed by atoms with Crippen LogP contribution in [0.3, 0.4) is 0 Å². The molecule has 1 aliphatic rings. The van der Waals surface area contributed by atoms with Gasteiger partial charge in [-0.3, -0.25) is 0 Å². The van der Waals surface area contributed by atoms with Crippen molar-refractivity contribution >= 4 is 9.84 Å². The summed E-state index contributed by atoms with van der Waals surface area (Å²) in [7, 11) is -3.80. The summed E-state index contributed by atoms with van der Waals surface area (Å²) in [6, 6.07) is 17.2. The highest BCUT2D eigenvalue weighted by Crippen LogP contribution is 2.57. The molecule has 0 unspecified atom stereocenters. The normalized spacial score (nSPS) is 26.3. The summed E-state index contributed by atoms with van der Waals surface area (Å²) in [5.41, 5.74) is 0.748. The zero-order valence-corrected chi connectivity index (χ0v) is 12.3. The van der Waals surface area contributed by atoms with Crippen LogP contribution in [0, 0.1) is 0 Å². The maximum atomic E-state index is 12.9. The van der Waals surface area contributed by atoms with E-state index in [0.717, 1.165) is 5.56 Å². The molecule has 21 heavy (non-hydrogen) atoms. The van der Waals surface area contributed by atoms with Gasteiger partial charge < -0.3 is 9.84 Å². The molecule has 0 bridgehead atoms.